The van der Waals surface area contributed by atoms with Gasteiger partial charge in [0.05, 0.1) is 0 Å². The van der Waals surface area contributed by atoms with Crippen LogP contribution in [0.4, 0.5) is 5.69 Å². The number of anilines is 1. The topological polar surface area (TPSA) is 55.1 Å². The maximum atomic E-state index is 10.8. The van der Waals surface area contributed by atoms with E-state index in [2.05, 4.69) is 23.5 Å². The van der Waals surface area contributed by atoms with Crippen molar-refractivity contribution in [2.24, 2.45) is 5.73 Å². The van der Waals surface area contributed by atoms with E-state index in [0.29, 0.717) is 13.0 Å². The highest BCUT2D eigenvalue weighted by Gasteiger charge is 2.10. The lowest BCUT2D eigenvalue weighted by atomic mass is 10.1. The number of hydrogen-bond acceptors (Lipinski definition) is 2. The average Bonchev–Trinajstić information content (AvgIpc) is 2.38. The molecule has 0 saturated carbocycles. The quantitative estimate of drug-likeness (QED) is 0.814. The van der Waals surface area contributed by atoms with E-state index < -0.39 is 11.3 Å². The van der Waals surface area contributed by atoms with Crippen molar-refractivity contribution in [3.63, 3.8) is 0 Å². The molecule has 0 bridgehead atoms. The van der Waals surface area contributed by atoms with Crippen LogP contribution in [0.2, 0.25) is 0 Å². The van der Waals surface area contributed by atoms with Gasteiger partial charge in [-0.25, -0.2) is 0 Å². The van der Waals surface area contributed by atoms with Crippen LogP contribution in [0, 0.1) is 0 Å². The Morgan fingerprint density at radius 2 is 1.94 bits per heavy atom. The summed E-state index contributed by atoms with van der Waals surface area (Å²) in [7, 11) is 0. The summed E-state index contributed by atoms with van der Waals surface area (Å²) in [6, 6.07) is 14.2. The van der Waals surface area contributed by atoms with E-state index in [1.807, 2.05) is 24.3 Å². The predicted octanol–water partition coefficient (Wildman–Crippen LogP) is 2.73. The molecular weight excluding hydrogens is 248 g/mol. The molecule has 0 aromatic heterocycles. The minimum Gasteiger partial charge on any atom is -0.384 e. The fraction of sp³-hybridized carbons (Fsp3) is 0.214. The molecule has 0 aliphatic heterocycles. The Kier molecular flexibility index (Phi) is 4.05. The van der Waals surface area contributed by atoms with Crippen LogP contribution in [-0.4, -0.2) is 17.8 Å². The Morgan fingerprint density at radius 1 is 1.22 bits per heavy atom. The Labute approximate surface area is 111 Å². The lowest BCUT2D eigenvalue weighted by Gasteiger charge is -2.10. The van der Waals surface area contributed by atoms with Gasteiger partial charge >= 0.3 is 0 Å². The second kappa shape index (κ2) is 5.74. The number of amides is 1. The van der Waals surface area contributed by atoms with Gasteiger partial charge in [-0.15, -0.1) is 11.6 Å². The van der Waals surface area contributed by atoms with Crippen molar-refractivity contribution in [3.05, 3.63) is 42.5 Å². The maximum Gasteiger partial charge on any atom is 0.235 e. The Balaban J connectivity index is 2.06. The van der Waals surface area contributed by atoms with Crippen molar-refractivity contribution in [3.8, 4) is 0 Å². The van der Waals surface area contributed by atoms with E-state index in [1.54, 1.807) is 0 Å². The number of primary amides is 1. The lowest BCUT2D eigenvalue weighted by molar-refractivity contribution is -0.117. The van der Waals surface area contributed by atoms with Gasteiger partial charge < -0.3 is 11.1 Å². The monoisotopic (exact) mass is 262 g/mol. The molecule has 0 aliphatic rings. The Bertz CT molecular complexity index is 551. The molecule has 18 heavy (non-hydrogen) atoms. The molecule has 0 spiro atoms. The number of carbonyl (C=O) groups excluding carboxylic acids is 1. The highest BCUT2D eigenvalue weighted by molar-refractivity contribution is 6.30. The van der Waals surface area contributed by atoms with Crippen molar-refractivity contribution in [2.75, 3.05) is 11.9 Å². The lowest BCUT2D eigenvalue weighted by Crippen LogP contribution is -2.25. The average molecular weight is 263 g/mol. The van der Waals surface area contributed by atoms with Crippen molar-refractivity contribution < 1.29 is 4.79 Å². The summed E-state index contributed by atoms with van der Waals surface area (Å²) < 4.78 is 0. The number of hydrogen-bond donors (Lipinski definition) is 2. The molecule has 0 fully saturated rings. The van der Waals surface area contributed by atoms with E-state index in [0.717, 1.165) is 11.1 Å². The molecule has 3 N–H and O–H groups in total. The molecule has 2 aromatic carbocycles. The smallest absolute Gasteiger partial charge is 0.235 e. The maximum absolute atomic E-state index is 10.8. The van der Waals surface area contributed by atoms with Crippen LogP contribution in [0.15, 0.2) is 42.5 Å². The van der Waals surface area contributed by atoms with Gasteiger partial charge in [-0.2, -0.15) is 0 Å². The minimum absolute atomic E-state index is 0.476. The third kappa shape index (κ3) is 2.93. The Morgan fingerprint density at radius 3 is 2.72 bits per heavy atom. The molecule has 3 nitrogen and oxygen atoms in total. The molecule has 1 atom stereocenters. The summed E-state index contributed by atoms with van der Waals surface area (Å²) in [5, 5.41) is 5.00. The number of fused-ring (bicyclic) bond motifs is 1. The molecule has 2 aromatic rings. The van der Waals surface area contributed by atoms with Gasteiger partial charge in [-0.3, -0.25) is 4.79 Å². The van der Waals surface area contributed by atoms with Crippen LogP contribution in [0.5, 0.6) is 0 Å². The van der Waals surface area contributed by atoms with Gasteiger partial charge in [0.25, 0.3) is 0 Å². The first-order valence-corrected chi connectivity index (χ1v) is 6.27. The van der Waals surface area contributed by atoms with Gasteiger partial charge in [0.15, 0.2) is 0 Å². The van der Waals surface area contributed by atoms with E-state index in [1.165, 1.54) is 5.39 Å². The third-order valence-corrected chi connectivity index (χ3v) is 3.24. The van der Waals surface area contributed by atoms with E-state index >= 15 is 0 Å². The van der Waals surface area contributed by atoms with Gasteiger partial charge in [0, 0.05) is 17.6 Å². The largest absolute Gasteiger partial charge is 0.384 e. The van der Waals surface area contributed by atoms with Crippen LogP contribution < -0.4 is 11.1 Å². The second-order valence-electron chi connectivity index (χ2n) is 4.11. The number of nitrogens with one attached hydrogen (secondary N) is 1. The number of benzene rings is 2. The third-order valence-electron chi connectivity index (χ3n) is 2.81. The first kappa shape index (κ1) is 12.7. The highest BCUT2D eigenvalue weighted by Crippen LogP contribution is 2.22. The number of halogens is 1. The SMILES string of the molecule is NC(=O)C(Cl)CCNc1cccc2ccccc12. The zero-order chi connectivity index (χ0) is 13.0. The summed E-state index contributed by atoms with van der Waals surface area (Å²) in [6.45, 7) is 0.616. The fourth-order valence-electron chi connectivity index (χ4n) is 1.86. The normalized spacial score (nSPS) is 12.3. The van der Waals surface area contributed by atoms with E-state index in [4.69, 9.17) is 17.3 Å². The van der Waals surface area contributed by atoms with Crippen LogP contribution in [-0.2, 0) is 4.79 Å². The second-order valence-corrected chi connectivity index (χ2v) is 4.64. The fourth-order valence-corrected chi connectivity index (χ4v) is 1.96. The Hall–Kier alpha value is -1.74. The molecule has 94 valence electrons. The van der Waals surface area contributed by atoms with E-state index in [-0.39, 0.29) is 0 Å². The standard InChI is InChI=1S/C14H15ClN2O/c15-12(14(16)18)8-9-17-13-7-3-5-10-4-1-2-6-11(10)13/h1-7,12,17H,8-9H2,(H2,16,18). The molecule has 0 aliphatic carbocycles. The summed E-state index contributed by atoms with van der Waals surface area (Å²) in [4.78, 5) is 10.8. The summed E-state index contributed by atoms with van der Waals surface area (Å²) in [6.07, 6.45) is 0.514. The van der Waals surface area contributed by atoms with Crippen LogP contribution in [0.25, 0.3) is 10.8 Å². The first-order valence-electron chi connectivity index (χ1n) is 5.83. The van der Waals surface area contributed by atoms with Crippen LogP contribution in [0.3, 0.4) is 0 Å². The van der Waals surface area contributed by atoms with Gasteiger partial charge in [0.2, 0.25) is 5.91 Å². The van der Waals surface area contributed by atoms with Gasteiger partial charge in [-0.1, -0.05) is 36.4 Å². The van der Waals surface area contributed by atoms with Crippen molar-refractivity contribution in [1.29, 1.82) is 0 Å². The highest BCUT2D eigenvalue weighted by atomic mass is 35.5. The summed E-state index contributed by atoms with van der Waals surface area (Å²) in [5.41, 5.74) is 6.15. The first-order chi connectivity index (χ1) is 8.68. The molecule has 0 radical (unpaired) electrons. The van der Waals surface area contributed by atoms with E-state index in [9.17, 15) is 4.79 Å². The molecule has 1 amide bonds. The summed E-state index contributed by atoms with van der Waals surface area (Å²) >= 11 is 5.79. The molecule has 4 heteroatoms. The zero-order valence-electron chi connectivity index (χ0n) is 9.90. The van der Waals surface area contributed by atoms with Crippen molar-refractivity contribution >= 4 is 34.0 Å². The minimum atomic E-state index is -0.618. The van der Waals surface area contributed by atoms with Crippen LogP contribution in [0.1, 0.15) is 6.42 Å². The van der Waals surface area contributed by atoms with Gasteiger partial charge in [-0.05, 0) is 17.9 Å². The number of rotatable bonds is 5. The summed E-state index contributed by atoms with van der Waals surface area (Å²) in [5.74, 6) is -0.476. The predicted molar refractivity (Wildman–Crippen MR) is 75.9 cm³/mol. The molecular formula is C14H15ClN2O. The molecule has 0 heterocycles. The number of alkyl halides is 1. The van der Waals surface area contributed by atoms with Gasteiger partial charge in [0.1, 0.15) is 5.38 Å². The zero-order valence-corrected chi connectivity index (χ0v) is 10.7. The van der Waals surface area contributed by atoms with Crippen molar-refractivity contribution in [2.45, 2.75) is 11.8 Å². The number of nitrogens with two attached hydrogens (primary N) is 1. The molecule has 0 saturated heterocycles. The molecule has 2 rings (SSSR count). The molecule has 1 unspecified atom stereocenters. The van der Waals surface area contributed by atoms with Crippen LogP contribution >= 0.6 is 11.6 Å². The van der Waals surface area contributed by atoms with Crippen molar-refractivity contribution in [1.82, 2.24) is 0 Å². The number of carbonyl (C=O) groups is 1.